The highest BCUT2D eigenvalue weighted by atomic mass is 16.6. The number of ether oxygens (including phenoxy) is 1. The fraction of sp³-hybridized carbons (Fsp3) is 0.765. The predicted molar refractivity (Wildman–Crippen MR) is 90.3 cm³/mol. The maximum atomic E-state index is 12.0. The molecule has 1 aromatic heterocycles. The lowest BCUT2D eigenvalue weighted by Gasteiger charge is -2.42. The first-order chi connectivity index (χ1) is 10.6. The number of carbonyl (C=O) groups is 1. The van der Waals surface area contributed by atoms with E-state index in [-0.39, 0.29) is 11.6 Å². The molecule has 0 aromatic carbocycles. The summed E-state index contributed by atoms with van der Waals surface area (Å²) in [6.07, 6.45) is 2.80. The smallest absolute Gasteiger partial charge is 0.408 e. The number of aryl methyl sites for hydroxylation is 2. The molecule has 6 heteroatoms. The summed E-state index contributed by atoms with van der Waals surface area (Å²) >= 11 is 0. The number of aromatic nitrogens is 2. The first-order valence-corrected chi connectivity index (χ1v) is 8.33. The molecule has 1 saturated carbocycles. The van der Waals surface area contributed by atoms with Crippen molar-refractivity contribution in [1.82, 2.24) is 20.4 Å². The zero-order chi connectivity index (χ0) is 17.3. The van der Waals surface area contributed by atoms with E-state index in [9.17, 15) is 4.79 Å². The molecule has 1 fully saturated rings. The van der Waals surface area contributed by atoms with Gasteiger partial charge in [0, 0.05) is 31.4 Å². The Balaban J connectivity index is 1.88. The average Bonchev–Trinajstić information content (AvgIpc) is 2.59. The number of carbonyl (C=O) groups excluding carboxylic acids is 1. The number of rotatable bonds is 5. The van der Waals surface area contributed by atoms with Crippen LogP contribution in [0.4, 0.5) is 4.79 Å². The molecule has 0 unspecified atom stereocenters. The van der Waals surface area contributed by atoms with E-state index in [1.165, 1.54) is 11.3 Å². The lowest BCUT2D eigenvalue weighted by atomic mass is 9.76. The van der Waals surface area contributed by atoms with Crippen molar-refractivity contribution in [2.24, 2.45) is 7.05 Å². The fourth-order valence-corrected chi connectivity index (χ4v) is 2.97. The van der Waals surface area contributed by atoms with Crippen molar-refractivity contribution in [3.63, 3.8) is 0 Å². The minimum absolute atomic E-state index is 0.174. The Kier molecular flexibility index (Phi) is 5.04. The summed E-state index contributed by atoms with van der Waals surface area (Å²) in [6.45, 7) is 11.3. The molecular weight excluding hydrogens is 292 g/mol. The molecule has 0 radical (unpaired) electrons. The number of hydrogen-bond donors (Lipinski definition) is 2. The van der Waals surface area contributed by atoms with Crippen LogP contribution in [0.3, 0.4) is 0 Å². The Bertz CT molecular complexity index is 568. The standard InChI is InChI=1S/C17H30N4O2/c1-12-14(13(2)21(6)20-12)10-18-11-17(8-7-9-17)19-15(22)23-16(3,4)5/h18H,7-11H2,1-6H3,(H,19,22). The molecule has 0 aliphatic heterocycles. The molecule has 1 aliphatic carbocycles. The summed E-state index contributed by atoms with van der Waals surface area (Å²) in [6, 6.07) is 0. The van der Waals surface area contributed by atoms with Crippen LogP contribution in [-0.4, -0.2) is 33.6 Å². The zero-order valence-electron chi connectivity index (χ0n) is 15.2. The molecule has 1 aromatic rings. The van der Waals surface area contributed by atoms with Crippen LogP contribution < -0.4 is 10.6 Å². The van der Waals surface area contributed by atoms with Crippen molar-refractivity contribution in [3.05, 3.63) is 17.0 Å². The van der Waals surface area contributed by atoms with Gasteiger partial charge < -0.3 is 15.4 Å². The highest BCUT2D eigenvalue weighted by molar-refractivity contribution is 5.69. The van der Waals surface area contributed by atoms with E-state index in [0.717, 1.165) is 38.0 Å². The minimum atomic E-state index is -0.466. The van der Waals surface area contributed by atoms with Crippen molar-refractivity contribution >= 4 is 6.09 Å². The van der Waals surface area contributed by atoms with Gasteiger partial charge in [0.2, 0.25) is 0 Å². The van der Waals surface area contributed by atoms with Gasteiger partial charge in [-0.05, 0) is 53.9 Å². The molecule has 2 N–H and O–H groups in total. The third-order valence-electron chi connectivity index (χ3n) is 4.50. The van der Waals surface area contributed by atoms with Gasteiger partial charge in [-0.25, -0.2) is 4.79 Å². The van der Waals surface area contributed by atoms with E-state index in [1.807, 2.05) is 39.4 Å². The number of alkyl carbamates (subject to hydrolysis) is 1. The second-order valence-electron chi connectivity index (χ2n) is 7.64. The second kappa shape index (κ2) is 6.51. The fourth-order valence-electron chi connectivity index (χ4n) is 2.97. The first-order valence-electron chi connectivity index (χ1n) is 8.33. The summed E-state index contributed by atoms with van der Waals surface area (Å²) in [5.41, 5.74) is 2.83. The number of nitrogens with one attached hydrogen (secondary N) is 2. The zero-order valence-corrected chi connectivity index (χ0v) is 15.2. The maximum absolute atomic E-state index is 12.0. The minimum Gasteiger partial charge on any atom is -0.444 e. The summed E-state index contributed by atoms with van der Waals surface area (Å²) in [4.78, 5) is 12.0. The number of amides is 1. The normalized spacial score (nSPS) is 16.8. The van der Waals surface area contributed by atoms with Crippen molar-refractivity contribution in [1.29, 1.82) is 0 Å². The van der Waals surface area contributed by atoms with Crippen LogP contribution in [-0.2, 0) is 18.3 Å². The molecular formula is C17H30N4O2. The largest absolute Gasteiger partial charge is 0.444 e. The monoisotopic (exact) mass is 322 g/mol. The van der Waals surface area contributed by atoms with E-state index in [2.05, 4.69) is 22.7 Å². The van der Waals surface area contributed by atoms with E-state index in [4.69, 9.17) is 4.74 Å². The molecule has 0 saturated heterocycles. The molecule has 1 heterocycles. The molecule has 1 amide bonds. The molecule has 130 valence electrons. The Morgan fingerprint density at radius 2 is 2.00 bits per heavy atom. The van der Waals surface area contributed by atoms with Gasteiger partial charge in [0.1, 0.15) is 5.60 Å². The quantitative estimate of drug-likeness (QED) is 0.874. The van der Waals surface area contributed by atoms with Gasteiger partial charge in [-0.15, -0.1) is 0 Å². The third kappa shape index (κ3) is 4.47. The van der Waals surface area contributed by atoms with E-state index < -0.39 is 5.60 Å². The molecule has 0 atom stereocenters. The third-order valence-corrected chi connectivity index (χ3v) is 4.50. The highest BCUT2D eigenvalue weighted by Gasteiger charge is 2.39. The second-order valence-corrected chi connectivity index (χ2v) is 7.64. The lowest BCUT2D eigenvalue weighted by Crippen LogP contribution is -2.59. The van der Waals surface area contributed by atoms with Crippen LogP contribution in [0.5, 0.6) is 0 Å². The van der Waals surface area contributed by atoms with Crippen LogP contribution in [0, 0.1) is 13.8 Å². The van der Waals surface area contributed by atoms with Crippen molar-refractivity contribution in [2.45, 2.75) is 71.6 Å². The predicted octanol–water partition coefficient (Wildman–Crippen LogP) is 2.57. The highest BCUT2D eigenvalue weighted by Crippen LogP contribution is 2.31. The SMILES string of the molecule is Cc1nn(C)c(C)c1CNCC1(NC(=O)OC(C)(C)C)CCC1. The molecule has 1 aliphatic rings. The molecule has 2 rings (SSSR count). The topological polar surface area (TPSA) is 68.2 Å². The first kappa shape index (κ1) is 17.8. The van der Waals surface area contributed by atoms with Gasteiger partial charge in [0.25, 0.3) is 0 Å². The Hall–Kier alpha value is -1.56. The summed E-state index contributed by atoms with van der Waals surface area (Å²) in [5, 5.41) is 11.0. The van der Waals surface area contributed by atoms with Gasteiger partial charge in [-0.3, -0.25) is 4.68 Å². The summed E-state index contributed by atoms with van der Waals surface area (Å²) in [7, 11) is 1.96. The van der Waals surface area contributed by atoms with Gasteiger partial charge in [0.05, 0.1) is 11.2 Å². The van der Waals surface area contributed by atoms with Crippen LogP contribution in [0.15, 0.2) is 0 Å². The van der Waals surface area contributed by atoms with Crippen molar-refractivity contribution in [2.75, 3.05) is 6.54 Å². The van der Waals surface area contributed by atoms with Gasteiger partial charge >= 0.3 is 6.09 Å². The summed E-state index contributed by atoms with van der Waals surface area (Å²) in [5.74, 6) is 0. The molecule has 6 nitrogen and oxygen atoms in total. The van der Waals surface area contributed by atoms with Crippen LogP contribution >= 0.6 is 0 Å². The van der Waals surface area contributed by atoms with E-state index in [0.29, 0.717) is 0 Å². The van der Waals surface area contributed by atoms with Crippen LogP contribution in [0.25, 0.3) is 0 Å². The molecule has 0 bridgehead atoms. The van der Waals surface area contributed by atoms with Gasteiger partial charge in [-0.2, -0.15) is 5.10 Å². The number of nitrogens with zero attached hydrogens (tertiary/aromatic N) is 2. The van der Waals surface area contributed by atoms with Crippen LogP contribution in [0.1, 0.15) is 57.0 Å². The van der Waals surface area contributed by atoms with E-state index >= 15 is 0 Å². The lowest BCUT2D eigenvalue weighted by molar-refractivity contribution is 0.0382. The van der Waals surface area contributed by atoms with Crippen LogP contribution in [0.2, 0.25) is 0 Å². The van der Waals surface area contributed by atoms with Gasteiger partial charge in [-0.1, -0.05) is 0 Å². The van der Waals surface area contributed by atoms with Crippen molar-refractivity contribution < 1.29 is 9.53 Å². The average molecular weight is 322 g/mol. The number of hydrogen-bond acceptors (Lipinski definition) is 4. The van der Waals surface area contributed by atoms with E-state index in [1.54, 1.807) is 0 Å². The van der Waals surface area contributed by atoms with Gasteiger partial charge in [0.15, 0.2) is 0 Å². The Labute approximate surface area is 139 Å². The molecule has 0 spiro atoms. The summed E-state index contributed by atoms with van der Waals surface area (Å²) < 4.78 is 7.29. The molecule has 23 heavy (non-hydrogen) atoms. The Morgan fingerprint density at radius 3 is 2.43 bits per heavy atom. The van der Waals surface area contributed by atoms with Crippen molar-refractivity contribution in [3.8, 4) is 0 Å². The maximum Gasteiger partial charge on any atom is 0.408 e. The Morgan fingerprint density at radius 1 is 1.35 bits per heavy atom.